The van der Waals surface area contributed by atoms with E-state index in [0.717, 1.165) is 6.42 Å². The molecule has 1 saturated heterocycles. The molecule has 2 unspecified atom stereocenters. The lowest BCUT2D eigenvalue weighted by Gasteiger charge is -2.25. The van der Waals surface area contributed by atoms with Gasteiger partial charge in [-0.15, -0.1) is 0 Å². The van der Waals surface area contributed by atoms with E-state index in [-0.39, 0.29) is 30.0 Å². The molecule has 21 heavy (non-hydrogen) atoms. The van der Waals surface area contributed by atoms with Gasteiger partial charge in [-0.05, 0) is 24.5 Å². The van der Waals surface area contributed by atoms with Gasteiger partial charge in [-0.2, -0.15) is 4.31 Å². The first kappa shape index (κ1) is 16.0. The van der Waals surface area contributed by atoms with Crippen molar-refractivity contribution >= 4 is 10.0 Å². The van der Waals surface area contributed by atoms with E-state index in [0.29, 0.717) is 12.1 Å². The maximum Gasteiger partial charge on any atom is 0.244 e. The second-order valence-corrected chi connectivity index (χ2v) is 6.99. The van der Waals surface area contributed by atoms with Crippen molar-refractivity contribution in [2.75, 3.05) is 19.7 Å². The first-order valence-corrected chi connectivity index (χ1v) is 8.37. The number of benzene rings is 1. The molecule has 3 N–H and O–H groups in total. The summed E-state index contributed by atoms with van der Waals surface area (Å²) in [6.07, 6.45) is 0.751. The molecule has 0 aromatic heterocycles. The van der Waals surface area contributed by atoms with E-state index in [1.807, 2.05) is 6.92 Å². The second kappa shape index (κ2) is 6.58. The van der Waals surface area contributed by atoms with Crippen LogP contribution in [0.4, 0.5) is 0 Å². The Morgan fingerprint density at radius 1 is 1.43 bits per heavy atom. The molecular weight excluding hydrogens is 288 g/mol. The third kappa shape index (κ3) is 3.11. The lowest BCUT2D eigenvalue weighted by atomic mass is 10.0. The molecule has 0 spiro atoms. The van der Waals surface area contributed by atoms with Crippen molar-refractivity contribution < 1.29 is 13.5 Å². The molecule has 114 valence electrons. The van der Waals surface area contributed by atoms with E-state index in [1.54, 1.807) is 24.3 Å². The molecule has 1 heterocycles. The fourth-order valence-corrected chi connectivity index (χ4v) is 4.49. The molecule has 1 aliphatic heterocycles. The summed E-state index contributed by atoms with van der Waals surface area (Å²) in [6.45, 7) is 2.38. The van der Waals surface area contributed by atoms with Gasteiger partial charge in [0, 0.05) is 12.1 Å². The molecule has 0 amide bonds. The van der Waals surface area contributed by atoms with Crippen molar-refractivity contribution in [3.05, 3.63) is 29.8 Å². The normalized spacial score (nSPS) is 22.8. The molecule has 6 heteroatoms. The predicted octanol–water partition coefficient (Wildman–Crippen LogP) is 0.388. The summed E-state index contributed by atoms with van der Waals surface area (Å²) in [5.74, 6) is 5.64. The van der Waals surface area contributed by atoms with Crippen molar-refractivity contribution in [2.24, 2.45) is 11.7 Å². The lowest BCUT2D eigenvalue weighted by Crippen LogP contribution is -2.40. The van der Waals surface area contributed by atoms with Gasteiger partial charge in [0.1, 0.15) is 0 Å². The van der Waals surface area contributed by atoms with Gasteiger partial charge in [0.15, 0.2) is 0 Å². The molecule has 2 rings (SSSR count). The number of aliphatic hydroxyl groups excluding tert-OH is 1. The van der Waals surface area contributed by atoms with Crippen molar-refractivity contribution in [2.45, 2.75) is 24.3 Å². The maximum absolute atomic E-state index is 12.8. The summed E-state index contributed by atoms with van der Waals surface area (Å²) in [5, 5.41) is 9.48. The Hall–Kier alpha value is -1.39. The summed E-state index contributed by atoms with van der Waals surface area (Å²) >= 11 is 0. The van der Waals surface area contributed by atoms with Crippen LogP contribution in [-0.2, 0) is 10.0 Å². The fraction of sp³-hybridized carbons (Fsp3) is 0.467. The fourth-order valence-electron chi connectivity index (χ4n) is 2.61. The number of nitrogens with two attached hydrogens (primary N) is 1. The van der Waals surface area contributed by atoms with Crippen LogP contribution in [-0.4, -0.2) is 43.6 Å². The summed E-state index contributed by atoms with van der Waals surface area (Å²) in [6, 6.07) is 6.27. The molecule has 1 aliphatic rings. The van der Waals surface area contributed by atoms with Gasteiger partial charge in [0.05, 0.1) is 24.1 Å². The molecule has 1 aromatic carbocycles. The monoisotopic (exact) mass is 308 g/mol. The van der Waals surface area contributed by atoms with Crippen LogP contribution in [0, 0.1) is 17.8 Å². The van der Waals surface area contributed by atoms with Crippen LogP contribution in [0.25, 0.3) is 0 Å². The highest BCUT2D eigenvalue weighted by Gasteiger charge is 2.39. The Morgan fingerprint density at radius 2 is 2.14 bits per heavy atom. The van der Waals surface area contributed by atoms with Crippen LogP contribution >= 0.6 is 0 Å². The zero-order valence-electron chi connectivity index (χ0n) is 12.0. The first-order chi connectivity index (χ1) is 10.0. The van der Waals surface area contributed by atoms with Gasteiger partial charge in [-0.1, -0.05) is 30.9 Å². The smallest absolute Gasteiger partial charge is 0.244 e. The number of rotatable bonds is 3. The average Bonchev–Trinajstić information content (AvgIpc) is 2.87. The highest BCUT2D eigenvalue weighted by molar-refractivity contribution is 7.89. The van der Waals surface area contributed by atoms with E-state index >= 15 is 0 Å². The SMILES string of the molecule is CC1CCN(S(=O)(=O)c2ccccc2C#CCN)C1CO. The number of sulfonamides is 1. The lowest BCUT2D eigenvalue weighted by molar-refractivity contribution is 0.191. The molecule has 1 aromatic rings. The number of hydrogen-bond acceptors (Lipinski definition) is 4. The van der Waals surface area contributed by atoms with Crippen molar-refractivity contribution in [1.29, 1.82) is 0 Å². The Kier molecular flexibility index (Phi) is 5.01. The van der Waals surface area contributed by atoms with Crippen LogP contribution in [0.15, 0.2) is 29.2 Å². The Bertz CT molecular complexity index is 661. The third-order valence-corrected chi connectivity index (χ3v) is 5.80. The van der Waals surface area contributed by atoms with E-state index < -0.39 is 10.0 Å². The number of aliphatic hydroxyl groups is 1. The van der Waals surface area contributed by atoms with Crippen LogP contribution in [0.5, 0.6) is 0 Å². The Balaban J connectivity index is 2.45. The minimum atomic E-state index is -3.66. The number of hydrogen-bond donors (Lipinski definition) is 2. The molecule has 0 radical (unpaired) electrons. The third-order valence-electron chi connectivity index (χ3n) is 3.82. The zero-order valence-corrected chi connectivity index (χ0v) is 12.8. The molecule has 1 fully saturated rings. The van der Waals surface area contributed by atoms with Crippen LogP contribution < -0.4 is 5.73 Å². The summed E-state index contributed by atoms with van der Waals surface area (Å²) in [4.78, 5) is 0.179. The predicted molar refractivity (Wildman–Crippen MR) is 80.9 cm³/mol. The maximum atomic E-state index is 12.8. The van der Waals surface area contributed by atoms with Crippen LogP contribution in [0.3, 0.4) is 0 Å². The Morgan fingerprint density at radius 3 is 2.81 bits per heavy atom. The van der Waals surface area contributed by atoms with Crippen molar-refractivity contribution in [3.8, 4) is 11.8 Å². The zero-order chi connectivity index (χ0) is 15.5. The van der Waals surface area contributed by atoms with Gasteiger partial charge in [0.2, 0.25) is 10.0 Å². The van der Waals surface area contributed by atoms with Crippen molar-refractivity contribution in [3.63, 3.8) is 0 Å². The van der Waals surface area contributed by atoms with Gasteiger partial charge >= 0.3 is 0 Å². The van der Waals surface area contributed by atoms with E-state index in [9.17, 15) is 13.5 Å². The molecule has 0 aliphatic carbocycles. The minimum absolute atomic E-state index is 0.145. The first-order valence-electron chi connectivity index (χ1n) is 6.93. The largest absolute Gasteiger partial charge is 0.395 e. The second-order valence-electron chi connectivity index (χ2n) is 5.13. The van der Waals surface area contributed by atoms with Crippen LogP contribution in [0.1, 0.15) is 18.9 Å². The quantitative estimate of drug-likeness (QED) is 0.791. The molecular formula is C15H20N2O3S. The summed E-state index contributed by atoms with van der Waals surface area (Å²) in [5.41, 5.74) is 5.80. The summed E-state index contributed by atoms with van der Waals surface area (Å²) < 4.78 is 27.1. The van der Waals surface area contributed by atoms with Crippen LogP contribution in [0.2, 0.25) is 0 Å². The van der Waals surface area contributed by atoms with Gasteiger partial charge in [-0.3, -0.25) is 0 Å². The van der Waals surface area contributed by atoms with Crippen molar-refractivity contribution in [1.82, 2.24) is 4.31 Å². The average molecular weight is 308 g/mol. The van der Waals surface area contributed by atoms with Gasteiger partial charge < -0.3 is 10.8 Å². The highest BCUT2D eigenvalue weighted by atomic mass is 32.2. The summed E-state index contributed by atoms with van der Waals surface area (Å²) in [7, 11) is -3.66. The molecule has 5 nitrogen and oxygen atoms in total. The molecule has 2 atom stereocenters. The van der Waals surface area contributed by atoms with E-state index in [1.165, 1.54) is 4.31 Å². The van der Waals surface area contributed by atoms with E-state index in [4.69, 9.17) is 5.73 Å². The molecule has 0 bridgehead atoms. The molecule has 0 saturated carbocycles. The topological polar surface area (TPSA) is 83.6 Å². The minimum Gasteiger partial charge on any atom is -0.395 e. The number of nitrogens with zero attached hydrogens (tertiary/aromatic N) is 1. The standard InChI is InChI=1S/C15H20N2O3S/c1-12-8-10-17(14(12)11-18)21(19,20)15-7-3-2-5-13(15)6-4-9-16/h2-3,5,7,12,14,18H,8-11,16H2,1H3. The van der Waals surface area contributed by atoms with Gasteiger partial charge in [-0.25, -0.2) is 8.42 Å². The highest BCUT2D eigenvalue weighted by Crippen LogP contribution is 2.30. The van der Waals surface area contributed by atoms with E-state index in [2.05, 4.69) is 11.8 Å². The Labute approximate surface area is 125 Å². The van der Waals surface area contributed by atoms with Gasteiger partial charge in [0.25, 0.3) is 0 Å².